The second-order valence-corrected chi connectivity index (χ2v) is 7.07. The predicted octanol–water partition coefficient (Wildman–Crippen LogP) is 1.01. The number of hydrogen-bond acceptors (Lipinski definition) is 6. The molecule has 0 N–H and O–H groups in total. The Morgan fingerprint density at radius 1 is 0.952 bits per heavy atom. The van der Waals surface area contributed by atoms with Crippen LogP contribution in [0.5, 0.6) is 0 Å². The Bertz CT molecular complexity index is 716. The molecule has 0 aromatic heterocycles. The number of allylic oxidation sites excluding steroid dienone is 4. The first kappa shape index (κ1) is 14.4. The highest BCUT2D eigenvalue weighted by Crippen LogP contribution is 2.54. The van der Waals surface area contributed by atoms with Crippen LogP contribution in [0.25, 0.3) is 0 Å². The van der Waals surface area contributed by atoms with Crippen molar-refractivity contribution in [3.05, 3.63) is 30.7 Å². The van der Waals surface area contributed by atoms with Crippen molar-refractivity contribution in [1.29, 1.82) is 0 Å². The van der Waals surface area contributed by atoms with Crippen LogP contribution in [0.4, 0.5) is 0 Å². The molecule has 0 spiro atoms. The fourth-order valence-electron chi connectivity index (χ4n) is 1.93. The summed E-state index contributed by atoms with van der Waals surface area (Å²) in [5.74, 6) is -1.77. The van der Waals surface area contributed by atoms with E-state index in [1.807, 2.05) is 0 Å². The number of hydrogen-bond donors (Lipinski definition) is 0. The van der Waals surface area contributed by atoms with Crippen LogP contribution >= 0.6 is 35.1 Å². The Morgan fingerprint density at radius 3 is 2.05 bits per heavy atom. The van der Waals surface area contributed by atoms with Crippen LogP contribution in [0.3, 0.4) is 0 Å². The molecule has 0 saturated carbocycles. The Hall–Kier alpha value is -1.51. The van der Waals surface area contributed by atoms with Crippen LogP contribution < -0.4 is 0 Å². The highest BCUT2D eigenvalue weighted by Gasteiger charge is 2.43. The number of ketones is 2. The third kappa shape index (κ3) is 1.97. The number of likely N-dealkylation sites (N-methyl/N-ethyl adjacent to an activating group) is 2. The number of nitrogens with zero attached hydrogens (tertiary/aromatic N) is 2. The molecule has 3 aliphatic rings. The topological polar surface area (TPSA) is 74.8 Å². The molecule has 1 saturated heterocycles. The van der Waals surface area contributed by atoms with E-state index >= 15 is 0 Å². The largest absolute Gasteiger partial charge is 0.289 e. The minimum absolute atomic E-state index is 0.0267. The number of Topliss-reactive ketones (excluding diaryl/α,β-unsaturated/α-hetero) is 1. The average molecular weight is 343 g/mol. The van der Waals surface area contributed by atoms with Gasteiger partial charge in [0.25, 0.3) is 11.8 Å². The zero-order valence-electron chi connectivity index (χ0n) is 10.8. The van der Waals surface area contributed by atoms with Crippen molar-refractivity contribution in [1.82, 2.24) is 10.0 Å². The van der Waals surface area contributed by atoms with Crippen molar-refractivity contribution >= 4 is 58.5 Å². The zero-order valence-corrected chi connectivity index (χ0v) is 13.2. The van der Waals surface area contributed by atoms with E-state index < -0.39 is 17.6 Å². The normalized spacial score (nSPS) is 22.7. The van der Waals surface area contributed by atoms with Gasteiger partial charge in [-0.25, -0.2) is 0 Å². The molecule has 0 radical (unpaired) electrons. The molecule has 9 heteroatoms. The van der Waals surface area contributed by atoms with E-state index in [4.69, 9.17) is 11.6 Å². The molecule has 108 valence electrons. The molecule has 0 aromatic rings. The summed E-state index contributed by atoms with van der Waals surface area (Å²) in [6, 6.07) is 0. The van der Waals surface area contributed by atoms with Crippen LogP contribution in [0.1, 0.15) is 0 Å². The van der Waals surface area contributed by atoms with Crippen LogP contribution in [0.15, 0.2) is 30.7 Å². The summed E-state index contributed by atoms with van der Waals surface area (Å²) in [5, 5.41) is 2.20. The van der Waals surface area contributed by atoms with Crippen molar-refractivity contribution < 1.29 is 19.2 Å². The molecular weight excluding hydrogens is 336 g/mol. The molecule has 1 fully saturated rings. The molecular formula is C12H7ClN2O4S2. The number of carbonyl (C=O) groups excluding carboxylic acids is 4. The highest BCUT2D eigenvalue weighted by molar-refractivity contribution is 8.29. The monoisotopic (exact) mass is 342 g/mol. The molecule has 21 heavy (non-hydrogen) atoms. The van der Waals surface area contributed by atoms with Gasteiger partial charge in [-0.3, -0.25) is 29.2 Å². The summed E-state index contributed by atoms with van der Waals surface area (Å²) in [5.41, 5.74) is -0.0267. The standard InChI is InChI=1S/C12H7ClN2O4S2/c1-14-10(18)6(11(19)15(14)2)12-20-8-5(16)3-4(13)7(17)9(8)21-12/h3H,1-2H3. The first-order valence-corrected chi connectivity index (χ1v) is 7.70. The Kier molecular flexibility index (Phi) is 3.27. The minimum atomic E-state index is -0.462. The number of rotatable bonds is 0. The fraction of sp³-hybridized carbons (Fsp3) is 0.167. The summed E-state index contributed by atoms with van der Waals surface area (Å²) in [6.45, 7) is 0. The van der Waals surface area contributed by atoms with Gasteiger partial charge in [0.2, 0.25) is 5.78 Å². The second kappa shape index (κ2) is 4.75. The zero-order chi connectivity index (χ0) is 15.5. The lowest BCUT2D eigenvalue weighted by Crippen LogP contribution is -2.33. The molecule has 2 aliphatic heterocycles. The van der Waals surface area contributed by atoms with E-state index in [2.05, 4.69) is 0 Å². The first-order chi connectivity index (χ1) is 9.82. The third-order valence-corrected chi connectivity index (χ3v) is 6.06. The molecule has 0 bridgehead atoms. The molecule has 0 unspecified atom stereocenters. The Balaban J connectivity index is 2.03. The smallest absolute Gasteiger partial charge is 0.279 e. The predicted molar refractivity (Wildman–Crippen MR) is 78.7 cm³/mol. The van der Waals surface area contributed by atoms with Crippen molar-refractivity contribution in [3.63, 3.8) is 0 Å². The third-order valence-electron chi connectivity index (χ3n) is 3.17. The average Bonchev–Trinajstić information content (AvgIpc) is 2.95. The van der Waals surface area contributed by atoms with E-state index in [1.54, 1.807) is 0 Å². The van der Waals surface area contributed by atoms with Crippen LogP contribution in [0.2, 0.25) is 0 Å². The van der Waals surface area contributed by atoms with Gasteiger partial charge < -0.3 is 0 Å². The first-order valence-electron chi connectivity index (χ1n) is 5.69. The van der Waals surface area contributed by atoms with Gasteiger partial charge >= 0.3 is 0 Å². The van der Waals surface area contributed by atoms with Gasteiger partial charge in [0, 0.05) is 20.2 Å². The van der Waals surface area contributed by atoms with E-state index in [-0.39, 0.29) is 26.2 Å². The SMILES string of the molecule is CN1C(=O)C(=C2SC3=C(S2)C(=O)C(Cl)=CC3=O)C(=O)N1C. The van der Waals surface area contributed by atoms with Gasteiger partial charge in [-0.15, -0.1) is 0 Å². The van der Waals surface area contributed by atoms with Gasteiger partial charge in [0.1, 0.15) is 5.57 Å². The van der Waals surface area contributed by atoms with E-state index in [0.29, 0.717) is 4.24 Å². The van der Waals surface area contributed by atoms with E-state index in [9.17, 15) is 19.2 Å². The van der Waals surface area contributed by atoms with E-state index in [1.165, 1.54) is 24.1 Å². The quantitative estimate of drug-likeness (QED) is 0.371. The second-order valence-electron chi connectivity index (χ2n) is 4.37. The molecule has 2 amide bonds. The molecule has 1 aliphatic carbocycles. The van der Waals surface area contributed by atoms with Gasteiger partial charge in [0.05, 0.1) is 19.1 Å². The van der Waals surface area contributed by atoms with Crippen molar-refractivity contribution in [2.75, 3.05) is 14.1 Å². The van der Waals surface area contributed by atoms with Crippen LogP contribution in [-0.2, 0) is 19.2 Å². The maximum atomic E-state index is 12.1. The van der Waals surface area contributed by atoms with E-state index in [0.717, 1.165) is 29.6 Å². The van der Waals surface area contributed by atoms with Gasteiger partial charge in [-0.2, -0.15) is 0 Å². The number of thioether (sulfide) groups is 2. The summed E-state index contributed by atoms with van der Waals surface area (Å²) >= 11 is 7.63. The summed E-state index contributed by atoms with van der Waals surface area (Å²) in [6.07, 6.45) is 1.06. The number of carbonyl (C=O) groups is 4. The summed E-state index contributed by atoms with van der Waals surface area (Å²) in [7, 11) is 2.94. The fourth-order valence-corrected chi connectivity index (χ4v) is 4.76. The Morgan fingerprint density at radius 2 is 1.48 bits per heavy atom. The number of hydrazine groups is 1. The molecule has 0 aromatic carbocycles. The summed E-state index contributed by atoms with van der Waals surface area (Å²) in [4.78, 5) is 48.4. The molecule has 3 rings (SSSR count). The van der Waals surface area contributed by atoms with Gasteiger partial charge in [-0.05, 0) is 0 Å². The van der Waals surface area contributed by atoms with Crippen molar-refractivity contribution in [2.24, 2.45) is 0 Å². The van der Waals surface area contributed by atoms with Gasteiger partial charge in [-0.1, -0.05) is 35.1 Å². The van der Waals surface area contributed by atoms with Crippen molar-refractivity contribution in [2.45, 2.75) is 0 Å². The lowest BCUT2D eigenvalue weighted by atomic mass is 10.1. The van der Waals surface area contributed by atoms with Gasteiger partial charge in [0.15, 0.2) is 5.78 Å². The Labute approximate surface area is 132 Å². The molecule has 2 heterocycles. The maximum absolute atomic E-state index is 12.1. The van der Waals surface area contributed by atoms with Crippen LogP contribution in [-0.4, -0.2) is 47.5 Å². The van der Waals surface area contributed by atoms with Crippen molar-refractivity contribution in [3.8, 4) is 0 Å². The van der Waals surface area contributed by atoms with Crippen LogP contribution in [0, 0.1) is 0 Å². The molecule has 6 nitrogen and oxygen atoms in total. The maximum Gasteiger partial charge on any atom is 0.279 e. The summed E-state index contributed by atoms with van der Waals surface area (Å²) < 4.78 is 0.340. The lowest BCUT2D eigenvalue weighted by Gasteiger charge is -2.16. The number of amides is 2. The lowest BCUT2D eigenvalue weighted by molar-refractivity contribution is -0.141. The number of halogens is 1. The molecule has 0 atom stereocenters. The minimum Gasteiger partial charge on any atom is -0.289 e. The highest BCUT2D eigenvalue weighted by atomic mass is 35.5.